The molecule has 0 aromatic carbocycles. The van der Waals surface area contributed by atoms with Crippen LogP contribution in [-0.2, 0) is 19.0 Å². The van der Waals surface area contributed by atoms with E-state index in [0.717, 1.165) is 13.2 Å². The molecule has 3 unspecified atom stereocenters. The maximum Gasteiger partial charge on any atom is 0.249 e. The Kier molecular flexibility index (Phi) is 3.56. The Morgan fingerprint density at radius 1 is 1.47 bits per heavy atom. The molecule has 2 heterocycles. The second-order valence-electron chi connectivity index (χ2n) is 3.89. The minimum Gasteiger partial charge on any atom is -0.371 e. The van der Waals surface area contributed by atoms with Crippen molar-refractivity contribution >= 4 is 5.91 Å². The highest BCUT2D eigenvalue weighted by Crippen LogP contribution is 2.11. The second-order valence-corrected chi connectivity index (χ2v) is 3.89. The molecule has 86 valence electrons. The number of hydrogen-bond acceptors (Lipinski definition) is 4. The molecule has 2 aliphatic heterocycles. The number of nitrogens with one attached hydrogen (secondary N) is 1. The number of epoxide rings is 2. The van der Waals surface area contributed by atoms with Gasteiger partial charge in [-0.15, -0.1) is 0 Å². The third-order valence-electron chi connectivity index (χ3n) is 2.46. The van der Waals surface area contributed by atoms with Crippen molar-refractivity contribution in [1.82, 2.24) is 5.32 Å². The minimum atomic E-state index is -0.354. The fourth-order valence-corrected chi connectivity index (χ4v) is 1.28. The first kappa shape index (κ1) is 10.9. The van der Waals surface area contributed by atoms with E-state index in [0.29, 0.717) is 19.6 Å². The predicted molar refractivity (Wildman–Crippen MR) is 52.5 cm³/mol. The lowest BCUT2D eigenvalue weighted by atomic mass is 10.2. The Hall–Kier alpha value is -0.650. The number of carbonyl (C=O) groups excluding carboxylic acids is 1. The van der Waals surface area contributed by atoms with Gasteiger partial charge in [0.05, 0.1) is 25.9 Å². The lowest BCUT2D eigenvalue weighted by Crippen LogP contribution is -2.38. The normalized spacial score (nSPS) is 29.7. The molecule has 2 aliphatic rings. The summed E-state index contributed by atoms with van der Waals surface area (Å²) >= 11 is 0. The van der Waals surface area contributed by atoms with Crippen molar-refractivity contribution in [1.29, 1.82) is 0 Å². The van der Waals surface area contributed by atoms with Gasteiger partial charge in [0.25, 0.3) is 0 Å². The molecule has 2 rings (SSSR count). The van der Waals surface area contributed by atoms with Crippen molar-refractivity contribution in [2.24, 2.45) is 0 Å². The molecule has 0 spiro atoms. The van der Waals surface area contributed by atoms with Crippen molar-refractivity contribution in [2.45, 2.75) is 31.7 Å². The fourth-order valence-electron chi connectivity index (χ4n) is 1.28. The molecule has 0 aliphatic carbocycles. The van der Waals surface area contributed by atoms with Crippen molar-refractivity contribution in [3.05, 3.63) is 0 Å². The standard InChI is InChI=1S/C10H17NO4/c1-2-9(15-6-8-5-14-8)10(12)11-3-7-4-13-7/h7-9H,2-6H2,1H3,(H,11,12). The Morgan fingerprint density at radius 3 is 2.67 bits per heavy atom. The molecule has 1 N–H and O–H groups in total. The summed E-state index contributed by atoms with van der Waals surface area (Å²) in [5.74, 6) is -0.0475. The van der Waals surface area contributed by atoms with Crippen LogP contribution < -0.4 is 5.32 Å². The Balaban J connectivity index is 1.63. The lowest BCUT2D eigenvalue weighted by molar-refractivity contribution is -0.133. The summed E-state index contributed by atoms with van der Waals surface area (Å²) < 4.78 is 15.5. The van der Waals surface area contributed by atoms with E-state index in [9.17, 15) is 4.79 Å². The molecule has 5 nitrogen and oxygen atoms in total. The third kappa shape index (κ3) is 3.77. The van der Waals surface area contributed by atoms with Gasteiger partial charge < -0.3 is 19.5 Å². The lowest BCUT2D eigenvalue weighted by Gasteiger charge is -2.14. The topological polar surface area (TPSA) is 63.4 Å². The van der Waals surface area contributed by atoms with Crippen LogP contribution in [0.1, 0.15) is 13.3 Å². The summed E-state index contributed by atoms with van der Waals surface area (Å²) in [6.07, 6.45) is 0.758. The first-order chi connectivity index (χ1) is 7.29. The number of amides is 1. The third-order valence-corrected chi connectivity index (χ3v) is 2.46. The quantitative estimate of drug-likeness (QED) is 0.592. The zero-order chi connectivity index (χ0) is 10.7. The average Bonchev–Trinajstić information content (AvgIpc) is 3.10. The molecule has 1 amide bonds. The molecule has 3 atom stereocenters. The highest BCUT2D eigenvalue weighted by molar-refractivity contribution is 5.80. The molecule has 2 fully saturated rings. The molecule has 0 aromatic heterocycles. The van der Waals surface area contributed by atoms with Crippen molar-refractivity contribution < 1.29 is 19.0 Å². The molecule has 0 radical (unpaired) electrons. The van der Waals surface area contributed by atoms with E-state index in [1.54, 1.807) is 0 Å². The minimum absolute atomic E-state index is 0.0475. The zero-order valence-electron chi connectivity index (χ0n) is 8.90. The van der Waals surface area contributed by atoms with Crippen LogP contribution in [0.5, 0.6) is 0 Å². The van der Waals surface area contributed by atoms with Gasteiger partial charge in [0, 0.05) is 6.54 Å². The van der Waals surface area contributed by atoms with Crippen LogP contribution in [0.25, 0.3) is 0 Å². The first-order valence-electron chi connectivity index (χ1n) is 5.42. The zero-order valence-corrected chi connectivity index (χ0v) is 8.90. The van der Waals surface area contributed by atoms with Gasteiger partial charge in [0.1, 0.15) is 12.2 Å². The number of hydrogen-bond donors (Lipinski definition) is 1. The van der Waals surface area contributed by atoms with Crippen molar-refractivity contribution in [3.8, 4) is 0 Å². The molecule has 5 heteroatoms. The Morgan fingerprint density at radius 2 is 2.13 bits per heavy atom. The molecule has 15 heavy (non-hydrogen) atoms. The van der Waals surface area contributed by atoms with Gasteiger partial charge in [-0.2, -0.15) is 0 Å². The van der Waals surface area contributed by atoms with E-state index in [2.05, 4.69) is 5.32 Å². The van der Waals surface area contributed by atoms with Crippen molar-refractivity contribution in [3.63, 3.8) is 0 Å². The van der Waals surface area contributed by atoms with E-state index in [1.165, 1.54) is 0 Å². The van der Waals surface area contributed by atoms with E-state index in [4.69, 9.17) is 14.2 Å². The van der Waals surface area contributed by atoms with Crippen LogP contribution in [0.2, 0.25) is 0 Å². The molecular formula is C10H17NO4. The summed E-state index contributed by atoms with van der Waals surface area (Å²) in [6, 6.07) is 0. The van der Waals surface area contributed by atoms with Crippen LogP contribution in [0, 0.1) is 0 Å². The van der Waals surface area contributed by atoms with Crippen LogP contribution >= 0.6 is 0 Å². The molecular weight excluding hydrogens is 198 g/mol. The summed E-state index contributed by atoms with van der Waals surface area (Å²) in [4.78, 5) is 11.6. The van der Waals surface area contributed by atoms with Gasteiger partial charge in [0.2, 0.25) is 5.91 Å². The smallest absolute Gasteiger partial charge is 0.249 e. The molecule has 0 bridgehead atoms. The van der Waals surface area contributed by atoms with E-state index in [-0.39, 0.29) is 24.2 Å². The highest BCUT2D eigenvalue weighted by Gasteiger charge is 2.28. The number of carbonyl (C=O) groups is 1. The number of ether oxygens (including phenoxy) is 3. The second kappa shape index (κ2) is 4.92. The Labute approximate surface area is 89.1 Å². The number of rotatable bonds is 7. The fraction of sp³-hybridized carbons (Fsp3) is 0.900. The van der Waals surface area contributed by atoms with Gasteiger partial charge in [-0.05, 0) is 6.42 Å². The largest absolute Gasteiger partial charge is 0.371 e. The maximum absolute atomic E-state index is 11.6. The van der Waals surface area contributed by atoms with E-state index < -0.39 is 0 Å². The highest BCUT2D eigenvalue weighted by atomic mass is 16.6. The summed E-state index contributed by atoms with van der Waals surface area (Å²) in [5, 5.41) is 2.81. The van der Waals surface area contributed by atoms with E-state index >= 15 is 0 Å². The molecule has 2 saturated heterocycles. The molecule has 0 saturated carbocycles. The van der Waals surface area contributed by atoms with Crippen LogP contribution in [0.3, 0.4) is 0 Å². The van der Waals surface area contributed by atoms with Crippen LogP contribution in [0.15, 0.2) is 0 Å². The van der Waals surface area contributed by atoms with Gasteiger partial charge in [-0.3, -0.25) is 4.79 Å². The van der Waals surface area contributed by atoms with Crippen LogP contribution in [0.4, 0.5) is 0 Å². The molecule has 0 aromatic rings. The van der Waals surface area contributed by atoms with Crippen LogP contribution in [-0.4, -0.2) is 50.6 Å². The van der Waals surface area contributed by atoms with Gasteiger partial charge >= 0.3 is 0 Å². The monoisotopic (exact) mass is 215 g/mol. The Bertz CT molecular complexity index is 225. The average molecular weight is 215 g/mol. The summed E-state index contributed by atoms with van der Waals surface area (Å²) in [7, 11) is 0. The van der Waals surface area contributed by atoms with Crippen molar-refractivity contribution in [2.75, 3.05) is 26.4 Å². The maximum atomic E-state index is 11.6. The van der Waals surface area contributed by atoms with Gasteiger partial charge in [-0.25, -0.2) is 0 Å². The first-order valence-corrected chi connectivity index (χ1v) is 5.42. The predicted octanol–water partition coefficient (Wildman–Crippen LogP) is -0.305. The van der Waals surface area contributed by atoms with Gasteiger partial charge in [0.15, 0.2) is 0 Å². The van der Waals surface area contributed by atoms with Gasteiger partial charge in [-0.1, -0.05) is 6.92 Å². The summed E-state index contributed by atoms with van der Waals surface area (Å²) in [5.41, 5.74) is 0. The summed E-state index contributed by atoms with van der Waals surface area (Å²) in [6.45, 7) is 4.57. The van der Waals surface area contributed by atoms with E-state index in [1.807, 2.05) is 6.92 Å². The SMILES string of the molecule is CCC(OCC1CO1)C(=O)NCC1CO1.